The Morgan fingerprint density at radius 2 is 1.75 bits per heavy atom. The Morgan fingerprint density at radius 3 is 2.38 bits per heavy atom. The van der Waals surface area contributed by atoms with Gasteiger partial charge in [0, 0.05) is 16.0 Å². The number of benzene rings is 1. The number of nitrogens with two attached hydrogens (primary N) is 2. The minimum absolute atomic E-state index is 0.177. The summed E-state index contributed by atoms with van der Waals surface area (Å²) >= 11 is 7.25. The minimum atomic E-state index is 0.177. The zero-order valence-electron chi connectivity index (χ0n) is 8.22. The molecule has 0 saturated heterocycles. The third-order valence-electron chi connectivity index (χ3n) is 1.78. The van der Waals surface area contributed by atoms with Gasteiger partial charge in [0.25, 0.3) is 0 Å². The van der Waals surface area contributed by atoms with E-state index in [0.29, 0.717) is 15.9 Å². The fourth-order valence-electron chi connectivity index (χ4n) is 1.14. The van der Waals surface area contributed by atoms with Gasteiger partial charge in [-0.25, -0.2) is 4.98 Å². The van der Waals surface area contributed by atoms with Gasteiger partial charge < -0.3 is 11.5 Å². The number of aromatic nitrogens is 2. The molecule has 0 aliphatic rings. The van der Waals surface area contributed by atoms with Crippen molar-refractivity contribution >= 4 is 35.1 Å². The lowest BCUT2D eigenvalue weighted by atomic mass is 10.4. The smallest absolute Gasteiger partial charge is 0.223 e. The standard InChI is InChI=1S/C10H9ClN4S/c11-6-1-3-7(4-2-6)16-9-5-8(12)14-10(13)15-9/h1-5H,(H4,12,13,14,15). The van der Waals surface area contributed by atoms with Gasteiger partial charge in [-0.15, -0.1) is 0 Å². The number of hydrogen-bond acceptors (Lipinski definition) is 5. The van der Waals surface area contributed by atoms with E-state index in [9.17, 15) is 0 Å². The molecule has 0 aliphatic carbocycles. The van der Waals surface area contributed by atoms with Crippen LogP contribution in [0.5, 0.6) is 0 Å². The van der Waals surface area contributed by atoms with Gasteiger partial charge in [0.05, 0.1) is 0 Å². The molecular weight excluding hydrogens is 244 g/mol. The Kier molecular flexibility index (Phi) is 3.17. The summed E-state index contributed by atoms with van der Waals surface area (Å²) < 4.78 is 0. The monoisotopic (exact) mass is 252 g/mol. The summed E-state index contributed by atoms with van der Waals surface area (Å²) in [5.74, 6) is 0.542. The summed E-state index contributed by atoms with van der Waals surface area (Å²) in [6.07, 6.45) is 0. The van der Waals surface area contributed by atoms with Crippen LogP contribution in [0.3, 0.4) is 0 Å². The van der Waals surface area contributed by atoms with Crippen molar-refractivity contribution in [3.8, 4) is 0 Å². The van der Waals surface area contributed by atoms with Gasteiger partial charge in [-0.05, 0) is 24.3 Å². The molecule has 0 atom stereocenters. The molecule has 1 aromatic heterocycles. The van der Waals surface area contributed by atoms with Gasteiger partial charge in [-0.2, -0.15) is 4.98 Å². The van der Waals surface area contributed by atoms with Gasteiger partial charge in [-0.1, -0.05) is 23.4 Å². The minimum Gasteiger partial charge on any atom is -0.383 e. The van der Waals surface area contributed by atoms with E-state index in [2.05, 4.69) is 9.97 Å². The lowest BCUT2D eigenvalue weighted by Crippen LogP contribution is -1.99. The number of hydrogen-bond donors (Lipinski definition) is 2. The van der Waals surface area contributed by atoms with Crippen molar-refractivity contribution in [2.75, 3.05) is 11.5 Å². The van der Waals surface area contributed by atoms with Crippen LogP contribution in [0.15, 0.2) is 40.3 Å². The second-order valence-corrected chi connectivity index (χ2v) is 4.58. The van der Waals surface area contributed by atoms with E-state index in [0.717, 1.165) is 4.90 Å². The highest BCUT2D eigenvalue weighted by molar-refractivity contribution is 7.99. The quantitative estimate of drug-likeness (QED) is 0.803. The third kappa shape index (κ3) is 2.77. The molecule has 1 heterocycles. The van der Waals surface area contributed by atoms with E-state index < -0.39 is 0 Å². The number of nitrogens with zero attached hydrogens (tertiary/aromatic N) is 2. The summed E-state index contributed by atoms with van der Waals surface area (Å²) in [5.41, 5.74) is 11.1. The van der Waals surface area contributed by atoms with Crippen LogP contribution in [0.4, 0.5) is 11.8 Å². The first-order valence-electron chi connectivity index (χ1n) is 4.47. The van der Waals surface area contributed by atoms with Crippen LogP contribution in [0, 0.1) is 0 Å². The van der Waals surface area contributed by atoms with Gasteiger partial charge in [0.15, 0.2) is 0 Å². The SMILES string of the molecule is Nc1cc(Sc2ccc(Cl)cc2)nc(N)n1. The Hall–Kier alpha value is -1.46. The molecule has 4 nitrogen and oxygen atoms in total. The molecule has 1 aromatic carbocycles. The van der Waals surface area contributed by atoms with Crippen molar-refractivity contribution in [1.29, 1.82) is 0 Å². The van der Waals surface area contributed by atoms with Crippen LogP contribution >= 0.6 is 23.4 Å². The maximum absolute atomic E-state index is 5.79. The van der Waals surface area contributed by atoms with Crippen molar-refractivity contribution in [2.45, 2.75) is 9.92 Å². The van der Waals surface area contributed by atoms with Crippen molar-refractivity contribution in [3.63, 3.8) is 0 Å². The van der Waals surface area contributed by atoms with Gasteiger partial charge >= 0.3 is 0 Å². The summed E-state index contributed by atoms with van der Waals surface area (Å²) in [6, 6.07) is 9.12. The van der Waals surface area contributed by atoms with Gasteiger partial charge in [0.1, 0.15) is 10.8 Å². The molecule has 2 rings (SSSR count). The third-order valence-corrected chi connectivity index (χ3v) is 2.95. The summed E-state index contributed by atoms with van der Waals surface area (Å²) in [4.78, 5) is 8.88. The molecule has 6 heteroatoms. The fourth-order valence-corrected chi connectivity index (χ4v) is 2.10. The predicted octanol–water partition coefficient (Wildman–Crippen LogP) is 2.45. The van der Waals surface area contributed by atoms with Crippen LogP contribution in [0.1, 0.15) is 0 Å². The first-order valence-corrected chi connectivity index (χ1v) is 5.66. The van der Waals surface area contributed by atoms with Crippen LogP contribution < -0.4 is 11.5 Å². The molecule has 0 fully saturated rings. The molecule has 0 spiro atoms. The highest BCUT2D eigenvalue weighted by Gasteiger charge is 2.02. The lowest BCUT2D eigenvalue weighted by molar-refractivity contribution is 1.07. The topological polar surface area (TPSA) is 77.8 Å². The second-order valence-electron chi connectivity index (χ2n) is 3.05. The molecule has 16 heavy (non-hydrogen) atoms. The molecule has 82 valence electrons. The highest BCUT2D eigenvalue weighted by atomic mass is 35.5. The molecule has 0 bridgehead atoms. The summed E-state index contributed by atoms with van der Waals surface area (Å²) in [5, 5.41) is 1.42. The largest absolute Gasteiger partial charge is 0.383 e. The Labute approximate surface area is 102 Å². The molecule has 2 aromatic rings. The van der Waals surface area contributed by atoms with Gasteiger partial charge in [-0.3, -0.25) is 0 Å². The van der Waals surface area contributed by atoms with Crippen LogP contribution in [0.25, 0.3) is 0 Å². The van der Waals surface area contributed by atoms with Crippen LogP contribution in [-0.2, 0) is 0 Å². The summed E-state index contributed by atoms with van der Waals surface area (Å²) in [6.45, 7) is 0. The number of nitrogen functional groups attached to an aromatic ring is 2. The van der Waals surface area contributed by atoms with Crippen molar-refractivity contribution < 1.29 is 0 Å². The van der Waals surface area contributed by atoms with Crippen LogP contribution in [0.2, 0.25) is 5.02 Å². The molecule has 0 unspecified atom stereocenters. The van der Waals surface area contributed by atoms with Crippen molar-refractivity contribution in [1.82, 2.24) is 9.97 Å². The highest BCUT2D eigenvalue weighted by Crippen LogP contribution is 2.28. The molecular formula is C10H9ClN4S. The Bertz CT molecular complexity index is 480. The maximum atomic E-state index is 5.79. The Balaban J connectivity index is 2.23. The first-order chi connectivity index (χ1) is 7.63. The molecule has 0 amide bonds. The number of halogens is 1. The predicted molar refractivity (Wildman–Crippen MR) is 66.4 cm³/mol. The molecule has 0 saturated carbocycles. The van der Waals surface area contributed by atoms with Crippen molar-refractivity contribution in [2.24, 2.45) is 0 Å². The first kappa shape index (κ1) is 11.0. The number of anilines is 2. The summed E-state index contributed by atoms with van der Waals surface area (Å²) in [7, 11) is 0. The molecule has 0 aliphatic heterocycles. The average Bonchev–Trinajstić information content (AvgIpc) is 2.20. The Morgan fingerprint density at radius 1 is 1.06 bits per heavy atom. The van der Waals surface area contributed by atoms with E-state index in [-0.39, 0.29) is 5.95 Å². The maximum Gasteiger partial charge on any atom is 0.223 e. The van der Waals surface area contributed by atoms with E-state index >= 15 is 0 Å². The van der Waals surface area contributed by atoms with E-state index in [4.69, 9.17) is 23.1 Å². The normalized spacial score (nSPS) is 10.3. The zero-order valence-corrected chi connectivity index (χ0v) is 9.79. The van der Waals surface area contributed by atoms with Crippen molar-refractivity contribution in [3.05, 3.63) is 35.4 Å². The van der Waals surface area contributed by atoms with Gasteiger partial charge in [0.2, 0.25) is 5.95 Å². The van der Waals surface area contributed by atoms with Crippen LogP contribution in [-0.4, -0.2) is 9.97 Å². The molecule has 0 radical (unpaired) electrons. The van der Waals surface area contributed by atoms with E-state index in [1.54, 1.807) is 6.07 Å². The number of rotatable bonds is 2. The molecule has 4 N–H and O–H groups in total. The fraction of sp³-hybridized carbons (Fsp3) is 0. The average molecular weight is 253 g/mol. The van der Waals surface area contributed by atoms with E-state index in [1.165, 1.54) is 11.8 Å². The van der Waals surface area contributed by atoms with E-state index in [1.807, 2.05) is 24.3 Å². The zero-order chi connectivity index (χ0) is 11.5. The second kappa shape index (κ2) is 4.59. The lowest BCUT2D eigenvalue weighted by Gasteiger charge is -2.02.